The summed E-state index contributed by atoms with van der Waals surface area (Å²) in [6.45, 7) is 7.22. The van der Waals surface area contributed by atoms with Crippen LogP contribution in [0, 0.1) is 0 Å². The summed E-state index contributed by atoms with van der Waals surface area (Å²) in [6.07, 6.45) is 3.67. The molecule has 0 amide bonds. The van der Waals surface area contributed by atoms with E-state index in [1.54, 1.807) is 18.0 Å². The normalized spacial score (nSPS) is 11.6. The largest absolute Gasteiger partial charge is 0.326 e. The quantitative estimate of drug-likeness (QED) is 0.918. The van der Waals surface area contributed by atoms with Gasteiger partial charge in [-0.25, -0.2) is 0 Å². The molecule has 0 aliphatic rings. The maximum absolute atomic E-state index is 5.74. The van der Waals surface area contributed by atoms with Crippen LogP contribution in [0.5, 0.6) is 0 Å². The number of benzene rings is 1. The fourth-order valence-corrected chi connectivity index (χ4v) is 2.74. The summed E-state index contributed by atoms with van der Waals surface area (Å²) in [5.74, 6) is 0. The van der Waals surface area contributed by atoms with E-state index in [4.69, 9.17) is 5.73 Å². The minimum absolute atomic E-state index is 0.194. The van der Waals surface area contributed by atoms with Crippen LogP contribution in [0.2, 0.25) is 0 Å². The molecule has 0 radical (unpaired) electrons. The highest BCUT2D eigenvalue weighted by Crippen LogP contribution is 2.31. The minimum atomic E-state index is 0.194. The lowest BCUT2D eigenvalue weighted by atomic mass is 9.87. The van der Waals surface area contributed by atoms with Crippen LogP contribution >= 0.6 is 11.8 Å². The minimum Gasteiger partial charge on any atom is -0.326 e. The lowest BCUT2D eigenvalue weighted by Crippen LogP contribution is -2.10. The molecule has 0 fully saturated rings. The van der Waals surface area contributed by atoms with Gasteiger partial charge in [0.05, 0.1) is 0 Å². The second-order valence-corrected chi connectivity index (χ2v) is 6.68. The Labute approximate surface area is 119 Å². The molecular weight excluding hydrogens is 252 g/mol. The second kappa shape index (κ2) is 5.76. The summed E-state index contributed by atoms with van der Waals surface area (Å²) in [5, 5.41) is 0. The topological polar surface area (TPSA) is 38.9 Å². The zero-order chi connectivity index (χ0) is 13.9. The van der Waals surface area contributed by atoms with Gasteiger partial charge in [-0.3, -0.25) is 4.98 Å². The average Bonchev–Trinajstić information content (AvgIpc) is 2.39. The Hall–Kier alpha value is -1.32. The first-order valence-electron chi connectivity index (χ1n) is 6.42. The third kappa shape index (κ3) is 3.58. The third-order valence-corrected chi connectivity index (χ3v) is 4.13. The first-order chi connectivity index (χ1) is 9.00. The predicted molar refractivity (Wildman–Crippen MR) is 81.4 cm³/mol. The summed E-state index contributed by atoms with van der Waals surface area (Å²) in [6, 6.07) is 10.7. The van der Waals surface area contributed by atoms with Crippen molar-refractivity contribution in [1.82, 2.24) is 4.98 Å². The number of nitrogens with zero attached hydrogens (tertiary/aromatic N) is 1. The van der Waals surface area contributed by atoms with Crippen LogP contribution in [0.1, 0.15) is 31.9 Å². The van der Waals surface area contributed by atoms with E-state index < -0.39 is 0 Å². The molecule has 2 rings (SSSR count). The molecule has 0 bridgehead atoms. The molecule has 0 saturated heterocycles. The zero-order valence-electron chi connectivity index (χ0n) is 11.7. The van der Waals surface area contributed by atoms with E-state index in [9.17, 15) is 0 Å². The molecular formula is C16H20N2S. The molecule has 0 atom stereocenters. The van der Waals surface area contributed by atoms with E-state index in [2.05, 4.69) is 50.0 Å². The molecule has 1 aromatic heterocycles. The van der Waals surface area contributed by atoms with Gasteiger partial charge in [0.25, 0.3) is 0 Å². The van der Waals surface area contributed by atoms with Gasteiger partial charge in [-0.15, -0.1) is 0 Å². The van der Waals surface area contributed by atoms with Gasteiger partial charge in [-0.05, 0) is 34.7 Å². The Morgan fingerprint density at radius 3 is 2.37 bits per heavy atom. The Balaban J connectivity index is 2.20. The van der Waals surface area contributed by atoms with E-state index in [-0.39, 0.29) is 5.41 Å². The zero-order valence-corrected chi connectivity index (χ0v) is 12.5. The number of aromatic nitrogens is 1. The summed E-state index contributed by atoms with van der Waals surface area (Å²) >= 11 is 1.72. The molecule has 2 nitrogen and oxygen atoms in total. The van der Waals surface area contributed by atoms with Crippen molar-refractivity contribution in [2.45, 2.75) is 42.5 Å². The van der Waals surface area contributed by atoms with Gasteiger partial charge in [-0.1, -0.05) is 44.7 Å². The molecule has 0 spiro atoms. The van der Waals surface area contributed by atoms with E-state index >= 15 is 0 Å². The van der Waals surface area contributed by atoms with Gasteiger partial charge in [-0.2, -0.15) is 0 Å². The smallest absolute Gasteiger partial charge is 0.0410 e. The highest BCUT2D eigenvalue weighted by atomic mass is 32.2. The fraction of sp³-hybridized carbons (Fsp3) is 0.312. The molecule has 0 saturated carbocycles. The monoisotopic (exact) mass is 272 g/mol. The molecule has 0 aliphatic heterocycles. The molecule has 2 aromatic rings. The maximum Gasteiger partial charge on any atom is 0.0410 e. The lowest BCUT2D eigenvalue weighted by molar-refractivity contribution is 0.590. The lowest BCUT2D eigenvalue weighted by Gasteiger charge is -2.19. The van der Waals surface area contributed by atoms with Crippen molar-refractivity contribution in [3.8, 4) is 0 Å². The number of nitrogens with two attached hydrogens (primary N) is 1. The van der Waals surface area contributed by atoms with Crippen molar-refractivity contribution in [1.29, 1.82) is 0 Å². The fourth-order valence-electron chi connectivity index (χ4n) is 1.82. The molecule has 1 aromatic carbocycles. The Morgan fingerprint density at radius 1 is 1.11 bits per heavy atom. The second-order valence-electron chi connectivity index (χ2n) is 5.56. The molecule has 19 heavy (non-hydrogen) atoms. The van der Waals surface area contributed by atoms with Crippen molar-refractivity contribution in [2.24, 2.45) is 5.73 Å². The maximum atomic E-state index is 5.74. The van der Waals surface area contributed by atoms with Crippen LogP contribution in [0.4, 0.5) is 0 Å². The summed E-state index contributed by atoms with van der Waals surface area (Å²) < 4.78 is 0. The Kier molecular flexibility index (Phi) is 4.27. The van der Waals surface area contributed by atoms with E-state index in [1.165, 1.54) is 10.5 Å². The van der Waals surface area contributed by atoms with Gasteiger partial charge >= 0.3 is 0 Å². The van der Waals surface area contributed by atoms with E-state index in [0.717, 1.165) is 10.5 Å². The van der Waals surface area contributed by atoms with Crippen LogP contribution in [-0.2, 0) is 12.0 Å². The highest BCUT2D eigenvalue weighted by Gasteiger charge is 2.13. The number of rotatable bonds is 3. The predicted octanol–water partition coefficient (Wildman–Crippen LogP) is 3.99. The molecule has 3 heteroatoms. The van der Waals surface area contributed by atoms with Gasteiger partial charge in [0.2, 0.25) is 0 Å². The van der Waals surface area contributed by atoms with Gasteiger partial charge in [0, 0.05) is 28.7 Å². The SMILES string of the molecule is CC(C)(C)c1ccc(Sc2cnccc2CN)cc1. The number of pyridine rings is 1. The molecule has 0 aliphatic carbocycles. The summed E-state index contributed by atoms with van der Waals surface area (Å²) in [7, 11) is 0. The van der Waals surface area contributed by atoms with Crippen LogP contribution in [0.15, 0.2) is 52.5 Å². The van der Waals surface area contributed by atoms with Crippen LogP contribution in [0.25, 0.3) is 0 Å². The van der Waals surface area contributed by atoms with E-state index in [0.29, 0.717) is 6.54 Å². The van der Waals surface area contributed by atoms with Gasteiger partial charge in [0.15, 0.2) is 0 Å². The van der Waals surface area contributed by atoms with Crippen molar-refractivity contribution in [3.05, 3.63) is 53.9 Å². The summed E-state index contributed by atoms with van der Waals surface area (Å²) in [5.41, 5.74) is 8.43. The number of hydrogen-bond donors (Lipinski definition) is 1. The Bertz CT molecular complexity index is 541. The highest BCUT2D eigenvalue weighted by molar-refractivity contribution is 7.99. The molecule has 2 N–H and O–H groups in total. The van der Waals surface area contributed by atoms with Crippen LogP contribution in [0.3, 0.4) is 0 Å². The molecule has 0 unspecified atom stereocenters. The Morgan fingerprint density at radius 2 is 1.79 bits per heavy atom. The van der Waals surface area contributed by atoms with Gasteiger partial charge < -0.3 is 5.73 Å². The van der Waals surface area contributed by atoms with Crippen molar-refractivity contribution in [2.75, 3.05) is 0 Å². The van der Waals surface area contributed by atoms with E-state index in [1.807, 2.05) is 12.3 Å². The first-order valence-corrected chi connectivity index (χ1v) is 7.23. The van der Waals surface area contributed by atoms with Crippen molar-refractivity contribution >= 4 is 11.8 Å². The first kappa shape index (κ1) is 14.1. The van der Waals surface area contributed by atoms with Crippen LogP contribution in [-0.4, -0.2) is 4.98 Å². The van der Waals surface area contributed by atoms with Gasteiger partial charge in [0.1, 0.15) is 0 Å². The summed E-state index contributed by atoms with van der Waals surface area (Å²) in [4.78, 5) is 6.52. The molecule has 1 heterocycles. The average molecular weight is 272 g/mol. The van der Waals surface area contributed by atoms with Crippen molar-refractivity contribution in [3.63, 3.8) is 0 Å². The van der Waals surface area contributed by atoms with Crippen LogP contribution < -0.4 is 5.73 Å². The standard InChI is InChI=1S/C16H20N2S/c1-16(2,3)13-4-6-14(7-5-13)19-15-11-18-9-8-12(15)10-17/h4-9,11H,10,17H2,1-3H3. The molecule has 100 valence electrons. The number of hydrogen-bond acceptors (Lipinski definition) is 3. The third-order valence-electron chi connectivity index (χ3n) is 3.04. The van der Waals surface area contributed by atoms with Crippen molar-refractivity contribution < 1.29 is 0 Å².